The van der Waals surface area contributed by atoms with Gasteiger partial charge in [-0.2, -0.15) is 0 Å². The number of carbonyl (C=O) groups excluding carboxylic acids is 2. The molecule has 0 saturated heterocycles. The zero-order valence-corrected chi connectivity index (χ0v) is 8.10. The van der Waals surface area contributed by atoms with E-state index in [-0.39, 0.29) is 13.2 Å². The van der Waals surface area contributed by atoms with Crippen LogP contribution in [0.5, 0.6) is 0 Å². The summed E-state index contributed by atoms with van der Waals surface area (Å²) in [5, 5.41) is 2.22. The molecule has 15 heavy (non-hydrogen) atoms. The molecule has 1 rings (SSSR count). The number of nitrogens with one attached hydrogen (secondary N) is 1. The molecule has 1 aromatic carbocycles. The molecule has 0 unspecified atom stereocenters. The Morgan fingerprint density at radius 1 is 1.27 bits per heavy atom. The number of benzene rings is 1. The first-order valence-corrected chi connectivity index (χ1v) is 4.41. The first-order chi connectivity index (χ1) is 7.18. The van der Waals surface area contributed by atoms with Gasteiger partial charge in [0.25, 0.3) is 0 Å². The average molecular weight is 211 g/mol. The van der Waals surface area contributed by atoms with Crippen molar-refractivity contribution >= 4 is 12.0 Å². The number of carbonyl (C=O) groups is 2. The number of primary amides is 1. The summed E-state index contributed by atoms with van der Waals surface area (Å²) in [5.41, 5.74) is 5.72. The maximum atomic E-state index is 11.0. The Morgan fingerprint density at radius 2 is 1.93 bits per heavy atom. The van der Waals surface area contributed by atoms with Crippen LogP contribution in [-0.2, 0) is 16.1 Å². The van der Waals surface area contributed by atoms with Gasteiger partial charge in [0, 0.05) is 0 Å². The number of rotatable bonds is 4. The molecule has 0 aliphatic heterocycles. The molecule has 0 atom stereocenters. The molecule has 3 N–H and O–H groups in total. The van der Waals surface area contributed by atoms with E-state index in [4.69, 9.17) is 10.5 Å². The van der Waals surface area contributed by atoms with Crippen LogP contribution in [0, 0.1) is 0 Å². The smallest absolute Gasteiger partial charge is 0.407 e. The average Bonchev–Trinajstić information content (AvgIpc) is 2.25. The Balaban J connectivity index is 2.26. The lowest BCUT2D eigenvalue weighted by Gasteiger charge is -2.05. The van der Waals surface area contributed by atoms with E-state index in [1.165, 1.54) is 0 Å². The molecule has 0 aliphatic carbocycles. The highest BCUT2D eigenvalue weighted by Gasteiger charge is 2.03. The molecule has 0 heterocycles. The van der Waals surface area contributed by atoms with Crippen LogP contribution in [0.4, 0.5) is 4.79 Å². The fourth-order valence-corrected chi connectivity index (χ4v) is 0.933. The molecule has 0 bridgehead atoms. The van der Waals surface area contributed by atoms with Gasteiger partial charge in [-0.1, -0.05) is 30.3 Å². The number of hydrogen-bond acceptors (Lipinski definition) is 3. The van der Waals surface area contributed by atoms with Gasteiger partial charge in [-0.25, -0.2) is 4.79 Å². The minimum absolute atomic E-state index is 0.172. The van der Waals surface area contributed by atoms with Crippen LogP contribution in [0.1, 0.15) is 5.56 Å². The van der Waals surface area contributed by atoms with E-state index in [2.05, 4.69) is 5.32 Å². The summed E-state index contributed by atoms with van der Waals surface area (Å²) in [6.45, 7) is -0.0426. The van der Waals surface area contributed by atoms with Gasteiger partial charge < -0.3 is 15.8 Å². The lowest BCUT2D eigenvalue weighted by Crippen LogP contribution is -2.33. The highest BCUT2D eigenvalue weighted by molar-refractivity contribution is 5.80. The first kappa shape index (κ1) is 11.0. The summed E-state index contributed by atoms with van der Waals surface area (Å²) in [5.74, 6) is -0.605. The van der Waals surface area contributed by atoms with Crippen molar-refractivity contribution in [2.75, 3.05) is 6.54 Å². The number of ether oxygens (including phenoxy) is 1. The van der Waals surface area contributed by atoms with Gasteiger partial charge in [0.2, 0.25) is 5.91 Å². The van der Waals surface area contributed by atoms with Gasteiger partial charge in [0.15, 0.2) is 0 Å². The summed E-state index contributed by atoms with van der Waals surface area (Å²) < 4.78 is 4.82. The molecule has 0 aliphatic rings. The standard InChI is InChI=1S/C10H12N2O3/c11-9(13)6-12-10(14)15-7-8-4-2-1-3-5-8/h1-5H,6-7H2,(H2,11,13)(H,12,14)/i6+1,9+1,12+1. The monoisotopic (exact) mass is 211 g/mol. The number of hydrogen-bond donors (Lipinski definition) is 2. The maximum absolute atomic E-state index is 11.0. The van der Waals surface area contributed by atoms with Crippen LogP contribution < -0.4 is 11.1 Å². The Bertz CT molecular complexity index is 338. The minimum Gasteiger partial charge on any atom is -0.445 e. The summed E-state index contributed by atoms with van der Waals surface area (Å²) in [4.78, 5) is 21.3. The highest BCUT2D eigenvalue weighted by Crippen LogP contribution is 2.00. The van der Waals surface area contributed by atoms with Crippen molar-refractivity contribution < 1.29 is 14.3 Å². The Labute approximate surface area is 87.2 Å². The predicted octanol–water partition coefficient (Wildman–Crippen LogP) is 0.398. The molecule has 0 aromatic heterocycles. The lowest BCUT2D eigenvalue weighted by molar-refractivity contribution is -0.117. The van der Waals surface area contributed by atoms with Crippen molar-refractivity contribution in [1.29, 1.82) is 0 Å². The molecule has 0 radical (unpaired) electrons. The van der Waals surface area contributed by atoms with E-state index in [0.29, 0.717) is 0 Å². The van der Waals surface area contributed by atoms with Crippen molar-refractivity contribution in [2.24, 2.45) is 5.73 Å². The molecule has 0 spiro atoms. The van der Waals surface area contributed by atoms with Gasteiger partial charge in [-0.3, -0.25) is 4.79 Å². The van der Waals surface area contributed by atoms with Gasteiger partial charge in [-0.05, 0) is 5.56 Å². The quantitative estimate of drug-likeness (QED) is 0.558. The van der Waals surface area contributed by atoms with Crippen LogP contribution in [0.15, 0.2) is 30.3 Å². The van der Waals surface area contributed by atoms with Crippen LogP contribution in [0.2, 0.25) is 0 Å². The normalized spacial score (nSPS) is 9.33. The third-order valence-electron chi connectivity index (χ3n) is 1.62. The van der Waals surface area contributed by atoms with Crippen molar-refractivity contribution in [2.45, 2.75) is 6.61 Å². The summed E-state index contributed by atoms with van der Waals surface area (Å²) in [6, 6.07) is 9.24. The molecule has 0 fully saturated rings. The third-order valence-corrected chi connectivity index (χ3v) is 1.62. The fraction of sp³-hybridized carbons (Fsp3) is 0.200. The predicted molar refractivity (Wildman–Crippen MR) is 53.8 cm³/mol. The van der Waals surface area contributed by atoms with E-state index in [1.54, 1.807) is 0 Å². The third kappa shape index (κ3) is 4.66. The molecule has 1 aromatic rings. The largest absolute Gasteiger partial charge is 0.445 e. The van der Waals surface area contributed by atoms with Gasteiger partial charge in [0.1, 0.15) is 6.61 Å². The van der Waals surface area contributed by atoms with Crippen molar-refractivity contribution in [3.63, 3.8) is 0 Å². The lowest BCUT2D eigenvalue weighted by atomic mass is 10.2. The summed E-state index contributed by atoms with van der Waals surface area (Å²) >= 11 is 0. The topological polar surface area (TPSA) is 81.4 Å². The zero-order valence-electron chi connectivity index (χ0n) is 8.10. The second-order valence-corrected chi connectivity index (χ2v) is 2.88. The van der Waals surface area contributed by atoms with Crippen molar-refractivity contribution in [3.05, 3.63) is 35.9 Å². The van der Waals surface area contributed by atoms with Crippen LogP contribution >= 0.6 is 0 Å². The number of amides is 2. The molecular weight excluding hydrogens is 199 g/mol. The molecule has 80 valence electrons. The molecule has 5 nitrogen and oxygen atoms in total. The van der Waals surface area contributed by atoms with Crippen LogP contribution in [0.25, 0.3) is 0 Å². The SMILES string of the molecule is N[13C](=O)[13CH2][15NH]C(=O)OCc1ccccc1. The van der Waals surface area contributed by atoms with E-state index in [9.17, 15) is 9.59 Å². The minimum atomic E-state index is -0.655. The van der Waals surface area contributed by atoms with Crippen LogP contribution in [0.3, 0.4) is 0 Å². The Kier molecular flexibility index (Phi) is 4.15. The second-order valence-electron chi connectivity index (χ2n) is 2.88. The van der Waals surface area contributed by atoms with E-state index in [1.807, 2.05) is 30.3 Å². The Morgan fingerprint density at radius 3 is 2.53 bits per heavy atom. The molecular formula is C10H12N2O3. The summed E-state index contributed by atoms with van der Waals surface area (Å²) in [7, 11) is 0. The van der Waals surface area contributed by atoms with E-state index < -0.39 is 12.0 Å². The zero-order chi connectivity index (χ0) is 11.1. The maximum Gasteiger partial charge on any atom is 0.407 e. The molecule has 2 amide bonds. The van der Waals surface area contributed by atoms with Crippen molar-refractivity contribution in [3.8, 4) is 0 Å². The van der Waals surface area contributed by atoms with E-state index >= 15 is 0 Å². The number of nitrogens with two attached hydrogens (primary N) is 1. The van der Waals surface area contributed by atoms with Gasteiger partial charge in [0.05, 0.1) is 6.54 Å². The van der Waals surface area contributed by atoms with Gasteiger partial charge >= 0.3 is 6.09 Å². The fourth-order valence-electron chi connectivity index (χ4n) is 0.933. The van der Waals surface area contributed by atoms with Crippen molar-refractivity contribution in [1.82, 2.24) is 5.32 Å². The number of alkyl carbamates (subject to hydrolysis) is 1. The van der Waals surface area contributed by atoms with E-state index in [0.717, 1.165) is 5.56 Å². The summed E-state index contributed by atoms with van der Waals surface area (Å²) in [6.07, 6.45) is -0.655. The van der Waals surface area contributed by atoms with Gasteiger partial charge in [-0.15, -0.1) is 0 Å². The first-order valence-electron chi connectivity index (χ1n) is 4.41. The second kappa shape index (κ2) is 5.64. The molecule has 5 heteroatoms. The Hall–Kier alpha value is -2.04. The molecule has 0 saturated carbocycles. The van der Waals surface area contributed by atoms with Crippen LogP contribution in [-0.4, -0.2) is 18.5 Å². The highest BCUT2D eigenvalue weighted by atomic mass is 16.6.